The van der Waals surface area contributed by atoms with Gasteiger partial charge >= 0.3 is 0 Å². The smallest absolute Gasteiger partial charge is 0.160 e. The molecule has 0 fully saturated rings. The monoisotopic (exact) mass is 237 g/mol. The minimum Gasteiger partial charge on any atom is -0.338 e. The molecular weight excluding hydrogens is 230 g/mol. The van der Waals surface area contributed by atoms with E-state index in [0.29, 0.717) is 0 Å². The van der Waals surface area contributed by atoms with E-state index in [0.717, 1.165) is 19.0 Å². The fourth-order valence-corrected chi connectivity index (χ4v) is 2.61. The maximum Gasteiger partial charge on any atom is 0.160 e. The molecule has 4 heteroatoms. The molecular formula is C10H7NS3. The highest BCUT2D eigenvalue weighted by Gasteiger charge is 1.96. The van der Waals surface area contributed by atoms with Gasteiger partial charge in [-0.05, 0) is 23.8 Å². The Morgan fingerprint density at radius 1 is 1.07 bits per heavy atom. The Bertz CT molecular complexity index is 511. The molecule has 0 aliphatic carbocycles. The summed E-state index contributed by atoms with van der Waals surface area (Å²) in [6, 6.07) is 12.0. The summed E-state index contributed by atoms with van der Waals surface area (Å²) >= 11 is 11.6. The molecule has 0 radical (unpaired) electrons. The summed E-state index contributed by atoms with van der Waals surface area (Å²) in [4.78, 5) is 3.13. The van der Waals surface area contributed by atoms with Crippen LogP contribution in [0.4, 0.5) is 0 Å². The molecule has 0 unspecified atom stereocenters. The van der Waals surface area contributed by atoms with Crippen molar-refractivity contribution in [2.24, 2.45) is 0 Å². The summed E-state index contributed by atoms with van der Waals surface area (Å²) < 4.78 is 1.53. The Balaban J connectivity index is 2.64. The Labute approximate surface area is 96.1 Å². The highest BCUT2D eigenvalue weighted by Crippen LogP contribution is 2.17. The zero-order valence-corrected chi connectivity index (χ0v) is 9.64. The lowest BCUT2D eigenvalue weighted by molar-refractivity contribution is 1.35. The summed E-state index contributed by atoms with van der Waals surface area (Å²) in [5.41, 5.74) is 2.09. The van der Waals surface area contributed by atoms with Gasteiger partial charge < -0.3 is 4.98 Å². The van der Waals surface area contributed by atoms with Gasteiger partial charge in [0.05, 0.1) is 3.82 Å². The van der Waals surface area contributed by atoms with Crippen LogP contribution in [0.5, 0.6) is 0 Å². The topological polar surface area (TPSA) is 15.8 Å². The maximum atomic E-state index is 5.12. The molecule has 0 saturated heterocycles. The van der Waals surface area contributed by atoms with E-state index in [1.807, 2.05) is 36.4 Å². The highest BCUT2D eigenvalue weighted by molar-refractivity contribution is 7.75. The summed E-state index contributed by atoms with van der Waals surface area (Å²) in [6.07, 6.45) is 0. The average Bonchev–Trinajstić information content (AvgIpc) is 2.18. The van der Waals surface area contributed by atoms with Crippen LogP contribution in [0.15, 0.2) is 36.4 Å². The SMILES string of the molecule is S=c1cc(-c2ccccc2)[nH]c(=S)s1. The van der Waals surface area contributed by atoms with Gasteiger partial charge in [-0.25, -0.2) is 0 Å². The molecule has 1 aromatic heterocycles. The lowest BCUT2D eigenvalue weighted by Gasteiger charge is -1.99. The minimum atomic E-state index is 0.719. The van der Waals surface area contributed by atoms with Crippen LogP contribution in [-0.2, 0) is 0 Å². The van der Waals surface area contributed by atoms with Gasteiger partial charge in [0.25, 0.3) is 0 Å². The maximum absolute atomic E-state index is 5.12. The average molecular weight is 237 g/mol. The Morgan fingerprint density at radius 2 is 1.79 bits per heavy atom. The molecule has 0 bridgehead atoms. The van der Waals surface area contributed by atoms with Crippen molar-refractivity contribution in [1.29, 1.82) is 0 Å². The lowest BCUT2D eigenvalue weighted by atomic mass is 10.2. The second kappa shape index (κ2) is 4.13. The standard InChI is InChI=1S/C10H7NS3/c12-9-6-8(11-10(13)14-9)7-4-2-1-3-5-7/h1-6H,(H,11,13). The van der Waals surface area contributed by atoms with Gasteiger partial charge in [0.2, 0.25) is 0 Å². The first-order chi connectivity index (χ1) is 6.75. The second-order valence-electron chi connectivity index (χ2n) is 2.76. The Morgan fingerprint density at radius 3 is 2.43 bits per heavy atom. The predicted molar refractivity (Wildman–Crippen MR) is 65.8 cm³/mol. The number of aromatic nitrogens is 1. The summed E-state index contributed by atoms with van der Waals surface area (Å²) in [5.74, 6) is 0. The van der Waals surface area contributed by atoms with Crippen molar-refractivity contribution in [3.05, 3.63) is 44.2 Å². The largest absolute Gasteiger partial charge is 0.338 e. The summed E-state index contributed by atoms with van der Waals surface area (Å²) in [6.45, 7) is 0. The van der Waals surface area contributed by atoms with Crippen LogP contribution >= 0.6 is 35.8 Å². The number of aromatic amines is 1. The van der Waals surface area contributed by atoms with Gasteiger partial charge in [-0.15, -0.1) is 0 Å². The van der Waals surface area contributed by atoms with Gasteiger partial charge in [0, 0.05) is 5.69 Å². The number of rotatable bonds is 1. The fourth-order valence-electron chi connectivity index (χ4n) is 1.18. The number of nitrogens with one attached hydrogen (secondary N) is 1. The molecule has 1 N–H and O–H groups in total. The summed E-state index contributed by atoms with van der Waals surface area (Å²) in [7, 11) is 0. The molecule has 1 heterocycles. The fraction of sp³-hybridized carbons (Fsp3) is 0. The van der Waals surface area contributed by atoms with E-state index in [2.05, 4.69) is 4.98 Å². The first-order valence-corrected chi connectivity index (χ1v) is 5.69. The highest BCUT2D eigenvalue weighted by atomic mass is 32.2. The van der Waals surface area contributed by atoms with Gasteiger partial charge in [-0.3, -0.25) is 0 Å². The van der Waals surface area contributed by atoms with Crippen LogP contribution in [0.2, 0.25) is 0 Å². The van der Waals surface area contributed by atoms with Crippen LogP contribution in [0.25, 0.3) is 11.3 Å². The Kier molecular flexibility index (Phi) is 2.86. The molecule has 0 saturated carbocycles. The summed E-state index contributed by atoms with van der Waals surface area (Å²) in [5, 5.41) is 0. The van der Waals surface area contributed by atoms with E-state index >= 15 is 0 Å². The van der Waals surface area contributed by atoms with Crippen molar-refractivity contribution in [2.45, 2.75) is 0 Å². The number of benzene rings is 1. The molecule has 0 aliphatic heterocycles. The van der Waals surface area contributed by atoms with Gasteiger partial charge in [-0.1, -0.05) is 53.9 Å². The molecule has 0 amide bonds. The van der Waals surface area contributed by atoms with E-state index in [-0.39, 0.29) is 0 Å². The van der Waals surface area contributed by atoms with Crippen LogP contribution in [-0.4, -0.2) is 4.98 Å². The van der Waals surface area contributed by atoms with Crippen LogP contribution in [0.1, 0.15) is 0 Å². The van der Waals surface area contributed by atoms with Crippen LogP contribution < -0.4 is 0 Å². The lowest BCUT2D eigenvalue weighted by Crippen LogP contribution is -1.81. The molecule has 2 aromatic rings. The molecule has 0 atom stereocenters. The minimum absolute atomic E-state index is 0.719. The van der Waals surface area contributed by atoms with Crippen molar-refractivity contribution >= 4 is 35.8 Å². The van der Waals surface area contributed by atoms with E-state index in [1.54, 1.807) is 0 Å². The zero-order chi connectivity index (χ0) is 9.97. The van der Waals surface area contributed by atoms with Crippen molar-refractivity contribution in [2.75, 3.05) is 0 Å². The van der Waals surface area contributed by atoms with Crippen molar-refractivity contribution in [3.63, 3.8) is 0 Å². The zero-order valence-electron chi connectivity index (χ0n) is 7.19. The van der Waals surface area contributed by atoms with Crippen molar-refractivity contribution in [1.82, 2.24) is 4.98 Å². The van der Waals surface area contributed by atoms with Crippen molar-refractivity contribution in [3.8, 4) is 11.3 Å². The molecule has 1 nitrogen and oxygen atoms in total. The van der Waals surface area contributed by atoms with E-state index in [9.17, 15) is 0 Å². The number of H-pyrrole nitrogens is 1. The van der Waals surface area contributed by atoms with E-state index in [4.69, 9.17) is 24.4 Å². The van der Waals surface area contributed by atoms with Gasteiger partial charge in [-0.2, -0.15) is 0 Å². The van der Waals surface area contributed by atoms with Gasteiger partial charge in [0.15, 0.2) is 3.95 Å². The molecule has 14 heavy (non-hydrogen) atoms. The molecule has 1 aromatic carbocycles. The third-order valence-corrected chi connectivity index (χ3v) is 3.10. The Hall–Kier alpha value is -0.840. The normalized spacial score (nSPS) is 10.0. The first-order valence-electron chi connectivity index (χ1n) is 4.05. The van der Waals surface area contributed by atoms with Crippen LogP contribution in [0.3, 0.4) is 0 Å². The molecule has 70 valence electrons. The van der Waals surface area contributed by atoms with Crippen molar-refractivity contribution < 1.29 is 0 Å². The molecule has 0 aliphatic rings. The van der Waals surface area contributed by atoms with E-state index < -0.39 is 0 Å². The molecule has 0 spiro atoms. The number of hydrogen-bond donors (Lipinski definition) is 1. The first kappa shape index (κ1) is 9.71. The predicted octanol–water partition coefficient (Wildman–Crippen LogP) is 4.20. The third-order valence-electron chi connectivity index (χ3n) is 1.78. The quantitative estimate of drug-likeness (QED) is 0.748. The van der Waals surface area contributed by atoms with Gasteiger partial charge in [0.1, 0.15) is 0 Å². The van der Waals surface area contributed by atoms with Crippen LogP contribution in [0, 0.1) is 7.78 Å². The number of hydrogen-bond acceptors (Lipinski definition) is 3. The van der Waals surface area contributed by atoms with E-state index in [1.165, 1.54) is 11.3 Å². The third kappa shape index (κ3) is 2.15. The molecule has 2 rings (SSSR count). The second-order valence-corrected chi connectivity index (χ2v) is 5.17.